The average Bonchev–Trinajstić information content (AvgIpc) is 2.53. The zero-order chi connectivity index (χ0) is 15.9. The van der Waals surface area contributed by atoms with E-state index in [4.69, 9.17) is 11.6 Å². The molecule has 1 heterocycles. The van der Waals surface area contributed by atoms with E-state index in [0.717, 1.165) is 5.69 Å². The fraction of sp³-hybridized carbons (Fsp3) is 0.188. The van der Waals surface area contributed by atoms with Gasteiger partial charge in [0.1, 0.15) is 0 Å². The fourth-order valence-electron chi connectivity index (χ4n) is 1.97. The molecular weight excluding hydrogens is 302 g/mol. The molecule has 0 bridgehead atoms. The summed E-state index contributed by atoms with van der Waals surface area (Å²) < 4.78 is 0. The number of carbonyl (C=O) groups is 2. The van der Waals surface area contributed by atoms with E-state index in [1.165, 1.54) is 13.1 Å². The second kappa shape index (κ2) is 7.56. The van der Waals surface area contributed by atoms with Crippen molar-refractivity contribution >= 4 is 29.1 Å². The number of carbonyl (C=O) groups excluding carboxylic acids is 2. The Bertz CT molecular complexity index is 644. The average molecular weight is 318 g/mol. The van der Waals surface area contributed by atoms with Crippen molar-refractivity contribution in [3.05, 3.63) is 59.4 Å². The van der Waals surface area contributed by atoms with Crippen molar-refractivity contribution < 1.29 is 9.59 Å². The third kappa shape index (κ3) is 4.30. The highest BCUT2D eigenvalue weighted by Gasteiger charge is 2.12. The first-order valence-electron chi connectivity index (χ1n) is 6.80. The van der Waals surface area contributed by atoms with Crippen molar-refractivity contribution in [3.63, 3.8) is 0 Å². The van der Waals surface area contributed by atoms with Crippen LogP contribution in [-0.4, -0.2) is 29.9 Å². The lowest BCUT2D eigenvalue weighted by atomic mass is 10.2. The SMILES string of the molecule is CC(=O)N(CCNC(=O)c1cccnc1)c1ccc(Cl)cc1. The van der Waals surface area contributed by atoms with E-state index in [0.29, 0.717) is 23.7 Å². The first-order valence-corrected chi connectivity index (χ1v) is 7.17. The molecule has 0 spiro atoms. The third-order valence-electron chi connectivity index (χ3n) is 3.06. The second-order valence-electron chi connectivity index (χ2n) is 4.64. The van der Waals surface area contributed by atoms with E-state index in [1.807, 2.05) is 0 Å². The number of hydrogen-bond acceptors (Lipinski definition) is 3. The Hall–Kier alpha value is -2.40. The van der Waals surface area contributed by atoms with Crippen molar-refractivity contribution in [1.29, 1.82) is 0 Å². The Kier molecular flexibility index (Phi) is 5.49. The summed E-state index contributed by atoms with van der Waals surface area (Å²) >= 11 is 5.84. The molecule has 0 atom stereocenters. The summed E-state index contributed by atoms with van der Waals surface area (Å²) in [6.07, 6.45) is 3.10. The fourth-order valence-corrected chi connectivity index (χ4v) is 2.10. The highest BCUT2D eigenvalue weighted by atomic mass is 35.5. The van der Waals surface area contributed by atoms with E-state index in [1.54, 1.807) is 47.5 Å². The number of pyridine rings is 1. The van der Waals surface area contributed by atoms with Crippen molar-refractivity contribution in [2.45, 2.75) is 6.92 Å². The molecule has 2 amide bonds. The maximum absolute atomic E-state index is 11.9. The van der Waals surface area contributed by atoms with Crippen LogP contribution in [0.1, 0.15) is 17.3 Å². The van der Waals surface area contributed by atoms with Gasteiger partial charge < -0.3 is 10.2 Å². The van der Waals surface area contributed by atoms with E-state index < -0.39 is 0 Å². The number of halogens is 1. The van der Waals surface area contributed by atoms with Gasteiger partial charge in [-0.2, -0.15) is 0 Å². The van der Waals surface area contributed by atoms with Crippen LogP contribution in [-0.2, 0) is 4.79 Å². The van der Waals surface area contributed by atoms with Crippen LogP contribution in [0.2, 0.25) is 5.02 Å². The zero-order valence-electron chi connectivity index (χ0n) is 12.1. The number of anilines is 1. The Morgan fingerprint density at radius 2 is 1.95 bits per heavy atom. The topological polar surface area (TPSA) is 62.3 Å². The molecule has 114 valence electrons. The van der Waals surface area contributed by atoms with E-state index in [9.17, 15) is 9.59 Å². The highest BCUT2D eigenvalue weighted by Crippen LogP contribution is 2.17. The lowest BCUT2D eigenvalue weighted by Gasteiger charge is -2.21. The molecule has 0 saturated heterocycles. The van der Waals surface area contributed by atoms with Crippen molar-refractivity contribution in [2.75, 3.05) is 18.0 Å². The number of amides is 2. The van der Waals surface area contributed by atoms with Gasteiger partial charge in [0.25, 0.3) is 5.91 Å². The number of hydrogen-bond donors (Lipinski definition) is 1. The Balaban J connectivity index is 1.94. The monoisotopic (exact) mass is 317 g/mol. The molecule has 0 unspecified atom stereocenters. The molecule has 22 heavy (non-hydrogen) atoms. The number of benzene rings is 1. The lowest BCUT2D eigenvalue weighted by Crippen LogP contribution is -2.37. The number of rotatable bonds is 5. The molecule has 1 aromatic carbocycles. The molecule has 0 aliphatic rings. The van der Waals surface area contributed by atoms with Gasteiger partial charge in [-0.25, -0.2) is 0 Å². The van der Waals surface area contributed by atoms with Crippen molar-refractivity contribution in [1.82, 2.24) is 10.3 Å². The molecule has 0 fully saturated rings. The van der Waals surface area contributed by atoms with Gasteiger partial charge >= 0.3 is 0 Å². The first-order chi connectivity index (χ1) is 10.6. The first kappa shape index (κ1) is 16.0. The van der Waals surface area contributed by atoms with Gasteiger partial charge in [0.05, 0.1) is 5.56 Å². The number of aromatic nitrogens is 1. The minimum Gasteiger partial charge on any atom is -0.350 e. The van der Waals surface area contributed by atoms with Crippen LogP contribution in [0.15, 0.2) is 48.8 Å². The Labute approximate surface area is 133 Å². The van der Waals surface area contributed by atoms with E-state index in [2.05, 4.69) is 10.3 Å². The van der Waals surface area contributed by atoms with Crippen LogP contribution in [0.4, 0.5) is 5.69 Å². The normalized spacial score (nSPS) is 10.1. The van der Waals surface area contributed by atoms with Crippen LogP contribution in [0.5, 0.6) is 0 Å². The Morgan fingerprint density at radius 3 is 2.55 bits per heavy atom. The molecule has 2 aromatic rings. The van der Waals surface area contributed by atoms with Crippen LogP contribution in [0, 0.1) is 0 Å². The summed E-state index contributed by atoms with van der Waals surface area (Å²) in [6.45, 7) is 2.20. The smallest absolute Gasteiger partial charge is 0.252 e. The van der Waals surface area contributed by atoms with Gasteiger partial charge in [-0.15, -0.1) is 0 Å². The van der Waals surface area contributed by atoms with Gasteiger partial charge in [-0.1, -0.05) is 11.6 Å². The summed E-state index contributed by atoms with van der Waals surface area (Å²) in [7, 11) is 0. The van der Waals surface area contributed by atoms with Crippen LogP contribution in [0.25, 0.3) is 0 Å². The quantitative estimate of drug-likeness (QED) is 0.921. The van der Waals surface area contributed by atoms with E-state index >= 15 is 0 Å². The third-order valence-corrected chi connectivity index (χ3v) is 3.32. The van der Waals surface area contributed by atoms with Crippen molar-refractivity contribution in [2.24, 2.45) is 0 Å². The molecule has 0 radical (unpaired) electrons. The zero-order valence-corrected chi connectivity index (χ0v) is 12.9. The molecule has 0 saturated carbocycles. The molecule has 0 aliphatic heterocycles. The molecule has 0 aliphatic carbocycles. The Morgan fingerprint density at radius 1 is 1.23 bits per heavy atom. The van der Waals surface area contributed by atoms with Gasteiger partial charge in [-0.05, 0) is 36.4 Å². The summed E-state index contributed by atoms with van der Waals surface area (Å²) in [6, 6.07) is 10.4. The maximum Gasteiger partial charge on any atom is 0.252 e. The summed E-state index contributed by atoms with van der Waals surface area (Å²) in [5.41, 5.74) is 1.23. The summed E-state index contributed by atoms with van der Waals surface area (Å²) in [5.74, 6) is -0.314. The second-order valence-corrected chi connectivity index (χ2v) is 5.08. The van der Waals surface area contributed by atoms with E-state index in [-0.39, 0.29) is 11.8 Å². The van der Waals surface area contributed by atoms with Gasteiger partial charge in [0, 0.05) is 43.1 Å². The molecule has 5 nitrogen and oxygen atoms in total. The van der Waals surface area contributed by atoms with Gasteiger partial charge in [-0.3, -0.25) is 14.6 Å². The molecule has 1 aromatic heterocycles. The van der Waals surface area contributed by atoms with Crippen molar-refractivity contribution in [3.8, 4) is 0 Å². The van der Waals surface area contributed by atoms with Crippen LogP contribution >= 0.6 is 11.6 Å². The number of nitrogens with zero attached hydrogens (tertiary/aromatic N) is 2. The molecule has 1 N–H and O–H groups in total. The summed E-state index contributed by atoms with van der Waals surface area (Å²) in [5, 5.41) is 3.38. The predicted octanol–water partition coefficient (Wildman–Crippen LogP) is 2.52. The van der Waals surface area contributed by atoms with Gasteiger partial charge in [0.15, 0.2) is 0 Å². The molecule has 6 heteroatoms. The van der Waals surface area contributed by atoms with Gasteiger partial charge in [0.2, 0.25) is 5.91 Å². The molecule has 2 rings (SSSR count). The minimum atomic E-state index is -0.215. The van der Waals surface area contributed by atoms with Crippen LogP contribution in [0.3, 0.4) is 0 Å². The largest absolute Gasteiger partial charge is 0.350 e. The molecular formula is C16H16ClN3O2. The minimum absolute atomic E-state index is 0.0991. The lowest BCUT2D eigenvalue weighted by molar-refractivity contribution is -0.116. The number of nitrogens with one attached hydrogen (secondary N) is 1. The highest BCUT2D eigenvalue weighted by molar-refractivity contribution is 6.30. The van der Waals surface area contributed by atoms with Crippen LogP contribution < -0.4 is 10.2 Å². The standard InChI is InChI=1S/C16H16ClN3O2/c1-12(21)20(15-6-4-14(17)5-7-15)10-9-19-16(22)13-3-2-8-18-11-13/h2-8,11H,9-10H2,1H3,(H,19,22). The predicted molar refractivity (Wildman–Crippen MR) is 86.0 cm³/mol. The summed E-state index contributed by atoms with van der Waals surface area (Å²) in [4.78, 5) is 29.1. The maximum atomic E-state index is 11.9.